The van der Waals surface area contributed by atoms with Gasteiger partial charge in [-0.3, -0.25) is 9.79 Å². The molecule has 1 fully saturated rings. The van der Waals surface area contributed by atoms with E-state index in [0.717, 1.165) is 54.5 Å². The molecule has 3 rings (SSSR count). The number of primary amides is 1. The fourth-order valence-electron chi connectivity index (χ4n) is 3.95. The fraction of sp³-hybridized carbons (Fsp3) is 0.476. The van der Waals surface area contributed by atoms with E-state index in [9.17, 15) is 4.79 Å². The number of aryl methyl sites for hydroxylation is 2. The number of nitrogens with two attached hydrogens (primary N) is 1. The molecule has 1 aromatic heterocycles. The van der Waals surface area contributed by atoms with Gasteiger partial charge in [-0.15, -0.1) is 24.0 Å². The number of aliphatic imine (C=N–C) groups is 1. The molecule has 0 aliphatic carbocycles. The summed E-state index contributed by atoms with van der Waals surface area (Å²) in [5.74, 6) is 0.928. The molecule has 2 heterocycles. The summed E-state index contributed by atoms with van der Waals surface area (Å²) in [7, 11) is 1.80. The molecule has 158 valence electrons. The third-order valence-corrected chi connectivity index (χ3v) is 5.19. The van der Waals surface area contributed by atoms with Crippen molar-refractivity contribution in [3.8, 4) is 5.69 Å². The Morgan fingerprint density at radius 2 is 2.10 bits per heavy atom. The molecule has 1 saturated heterocycles. The summed E-state index contributed by atoms with van der Waals surface area (Å²) in [6, 6.07) is 10.3. The van der Waals surface area contributed by atoms with Gasteiger partial charge in [-0.1, -0.05) is 18.2 Å². The third-order valence-electron chi connectivity index (χ3n) is 5.19. The Hall–Kier alpha value is -2.10. The van der Waals surface area contributed by atoms with Crippen LogP contribution in [0.4, 0.5) is 0 Å². The number of halogens is 1. The number of hydrogen-bond donors (Lipinski definition) is 2. The van der Waals surface area contributed by atoms with Crippen LogP contribution in [0.5, 0.6) is 0 Å². The van der Waals surface area contributed by atoms with Crippen LogP contribution >= 0.6 is 24.0 Å². The summed E-state index contributed by atoms with van der Waals surface area (Å²) in [5.41, 5.74) is 9.73. The summed E-state index contributed by atoms with van der Waals surface area (Å²) in [5, 5.41) is 8.10. The number of rotatable bonds is 5. The first-order valence-electron chi connectivity index (χ1n) is 9.83. The number of benzene rings is 1. The number of aromatic nitrogens is 2. The first-order chi connectivity index (χ1) is 13.5. The number of piperidine rings is 1. The SMILES string of the molecule is CN=C(NCc1ccccc1-n1nc(C)cc1C)N1CCCC(CC(N)=O)C1.I. The van der Waals surface area contributed by atoms with Crippen molar-refractivity contribution in [2.45, 2.75) is 39.7 Å². The number of para-hydroxylation sites is 1. The van der Waals surface area contributed by atoms with Crippen LogP contribution in [0.25, 0.3) is 5.69 Å². The maximum Gasteiger partial charge on any atom is 0.217 e. The first kappa shape index (κ1) is 23.2. The molecule has 1 aliphatic heterocycles. The van der Waals surface area contributed by atoms with Crippen LogP contribution in [-0.2, 0) is 11.3 Å². The lowest BCUT2D eigenvalue weighted by atomic mass is 9.95. The number of nitrogens with zero attached hydrogens (tertiary/aromatic N) is 4. The van der Waals surface area contributed by atoms with Gasteiger partial charge in [-0.05, 0) is 50.3 Å². The quantitative estimate of drug-likeness (QED) is 0.368. The predicted octanol–water partition coefficient (Wildman–Crippen LogP) is 2.77. The lowest BCUT2D eigenvalue weighted by Crippen LogP contribution is -2.47. The zero-order chi connectivity index (χ0) is 20.1. The van der Waals surface area contributed by atoms with Gasteiger partial charge in [0.25, 0.3) is 0 Å². The Labute approximate surface area is 189 Å². The predicted molar refractivity (Wildman–Crippen MR) is 127 cm³/mol. The van der Waals surface area contributed by atoms with Crippen molar-refractivity contribution < 1.29 is 4.79 Å². The van der Waals surface area contributed by atoms with E-state index in [4.69, 9.17) is 5.73 Å². The van der Waals surface area contributed by atoms with Gasteiger partial charge < -0.3 is 16.0 Å². The van der Waals surface area contributed by atoms with Crippen LogP contribution in [0.3, 0.4) is 0 Å². The Morgan fingerprint density at radius 3 is 2.76 bits per heavy atom. The topological polar surface area (TPSA) is 88.5 Å². The normalized spacial score (nSPS) is 17.0. The van der Waals surface area contributed by atoms with E-state index in [1.807, 2.05) is 23.7 Å². The highest BCUT2D eigenvalue weighted by Crippen LogP contribution is 2.20. The van der Waals surface area contributed by atoms with E-state index in [1.54, 1.807) is 7.05 Å². The van der Waals surface area contributed by atoms with Gasteiger partial charge in [0.05, 0.1) is 11.4 Å². The van der Waals surface area contributed by atoms with Gasteiger partial charge in [-0.25, -0.2) is 4.68 Å². The van der Waals surface area contributed by atoms with E-state index < -0.39 is 0 Å². The van der Waals surface area contributed by atoms with E-state index in [-0.39, 0.29) is 29.9 Å². The van der Waals surface area contributed by atoms with Gasteiger partial charge in [0.15, 0.2) is 5.96 Å². The number of hydrogen-bond acceptors (Lipinski definition) is 3. The lowest BCUT2D eigenvalue weighted by Gasteiger charge is -2.34. The zero-order valence-electron chi connectivity index (χ0n) is 17.4. The van der Waals surface area contributed by atoms with Gasteiger partial charge >= 0.3 is 0 Å². The Balaban J connectivity index is 0.00000300. The summed E-state index contributed by atoms with van der Waals surface area (Å²) in [4.78, 5) is 18.0. The van der Waals surface area contributed by atoms with Crippen molar-refractivity contribution in [2.75, 3.05) is 20.1 Å². The number of carbonyl (C=O) groups excluding carboxylic acids is 1. The Bertz CT molecular complexity index is 863. The van der Waals surface area contributed by atoms with E-state index in [2.05, 4.69) is 45.4 Å². The van der Waals surface area contributed by atoms with E-state index in [0.29, 0.717) is 18.9 Å². The molecule has 1 atom stereocenters. The molecule has 8 heteroatoms. The molecule has 1 unspecified atom stereocenters. The van der Waals surface area contributed by atoms with Crippen LogP contribution in [-0.4, -0.2) is 46.7 Å². The molecule has 1 amide bonds. The minimum Gasteiger partial charge on any atom is -0.370 e. The van der Waals surface area contributed by atoms with Crippen molar-refractivity contribution in [2.24, 2.45) is 16.6 Å². The summed E-state index contributed by atoms with van der Waals surface area (Å²) < 4.78 is 1.99. The summed E-state index contributed by atoms with van der Waals surface area (Å²) >= 11 is 0. The van der Waals surface area contributed by atoms with Gasteiger partial charge in [-0.2, -0.15) is 5.10 Å². The summed E-state index contributed by atoms with van der Waals surface area (Å²) in [6.07, 6.45) is 2.52. The number of likely N-dealkylation sites (tertiary alicyclic amines) is 1. The third kappa shape index (κ3) is 5.94. The second-order valence-corrected chi connectivity index (χ2v) is 7.49. The largest absolute Gasteiger partial charge is 0.370 e. The number of nitrogens with one attached hydrogen (secondary N) is 1. The average molecular weight is 510 g/mol. The highest BCUT2D eigenvalue weighted by Gasteiger charge is 2.23. The summed E-state index contributed by atoms with van der Waals surface area (Å²) in [6.45, 7) is 6.47. The van der Waals surface area contributed by atoms with Crippen LogP contribution in [0.15, 0.2) is 35.3 Å². The molecule has 0 saturated carbocycles. The maximum absolute atomic E-state index is 11.3. The monoisotopic (exact) mass is 510 g/mol. The number of guanidine groups is 1. The lowest BCUT2D eigenvalue weighted by molar-refractivity contribution is -0.119. The molecule has 7 nitrogen and oxygen atoms in total. The van der Waals surface area contributed by atoms with E-state index >= 15 is 0 Å². The second kappa shape index (κ2) is 10.6. The molecule has 2 aromatic rings. The zero-order valence-corrected chi connectivity index (χ0v) is 19.7. The van der Waals surface area contributed by atoms with Gasteiger partial charge in [0.2, 0.25) is 5.91 Å². The molecular weight excluding hydrogens is 479 g/mol. The van der Waals surface area contributed by atoms with Crippen molar-refractivity contribution in [1.82, 2.24) is 20.0 Å². The molecule has 0 bridgehead atoms. The van der Waals surface area contributed by atoms with Gasteiger partial charge in [0, 0.05) is 38.8 Å². The maximum atomic E-state index is 11.3. The van der Waals surface area contributed by atoms with Crippen molar-refractivity contribution >= 4 is 35.8 Å². The molecule has 0 spiro atoms. The minimum absolute atomic E-state index is 0. The fourth-order valence-corrected chi connectivity index (χ4v) is 3.95. The highest BCUT2D eigenvalue weighted by atomic mass is 127. The first-order valence-corrected chi connectivity index (χ1v) is 9.83. The second-order valence-electron chi connectivity index (χ2n) is 7.49. The molecular formula is C21H31IN6O. The smallest absolute Gasteiger partial charge is 0.217 e. The van der Waals surface area contributed by atoms with Crippen molar-refractivity contribution in [3.05, 3.63) is 47.3 Å². The number of carbonyl (C=O) groups is 1. The van der Waals surface area contributed by atoms with Crippen LogP contribution in [0.2, 0.25) is 0 Å². The Morgan fingerprint density at radius 1 is 1.34 bits per heavy atom. The van der Waals surface area contributed by atoms with E-state index in [1.165, 1.54) is 0 Å². The molecule has 0 radical (unpaired) electrons. The average Bonchev–Trinajstić information content (AvgIpc) is 3.00. The van der Waals surface area contributed by atoms with Crippen LogP contribution in [0.1, 0.15) is 36.2 Å². The van der Waals surface area contributed by atoms with Gasteiger partial charge in [0.1, 0.15) is 0 Å². The molecule has 1 aromatic carbocycles. The number of amides is 1. The highest BCUT2D eigenvalue weighted by molar-refractivity contribution is 14.0. The van der Waals surface area contributed by atoms with Crippen molar-refractivity contribution in [1.29, 1.82) is 0 Å². The molecule has 3 N–H and O–H groups in total. The molecule has 1 aliphatic rings. The van der Waals surface area contributed by atoms with Crippen LogP contribution in [0, 0.1) is 19.8 Å². The van der Waals surface area contributed by atoms with Crippen molar-refractivity contribution in [3.63, 3.8) is 0 Å². The Kier molecular flexibility index (Phi) is 8.48. The standard InChI is InChI=1S/C21H30N6O.HI/c1-15-11-16(2)27(25-15)19-9-5-4-8-18(19)13-24-21(23-3)26-10-6-7-17(14-26)12-20(22)28;/h4-5,8-9,11,17H,6-7,10,12-14H2,1-3H3,(H2,22,28)(H,23,24);1H. The van der Waals surface area contributed by atoms with Crippen LogP contribution < -0.4 is 11.1 Å². The minimum atomic E-state index is -0.228. The molecule has 29 heavy (non-hydrogen) atoms.